The van der Waals surface area contributed by atoms with Gasteiger partial charge in [0.15, 0.2) is 0 Å². The second kappa shape index (κ2) is 4.63. The maximum absolute atomic E-state index is 8.78. The minimum atomic E-state index is 0.243. The van der Waals surface area contributed by atoms with Gasteiger partial charge in [-0.2, -0.15) is 0 Å². The van der Waals surface area contributed by atoms with E-state index < -0.39 is 0 Å². The standard InChI is InChI=1S/C10H19NO/c1-3-11-7-4-5-10(11)9(2)6-8-12/h10,12H,2-8H2,1H3. The number of likely N-dealkylation sites (N-methyl/N-ethyl adjacent to an activating group) is 1. The highest BCUT2D eigenvalue weighted by molar-refractivity contribution is 5.08. The Hall–Kier alpha value is -0.340. The highest BCUT2D eigenvalue weighted by Crippen LogP contribution is 2.23. The molecule has 1 saturated heterocycles. The fourth-order valence-corrected chi connectivity index (χ4v) is 1.98. The fraction of sp³-hybridized carbons (Fsp3) is 0.800. The molecule has 0 aromatic carbocycles. The van der Waals surface area contributed by atoms with Crippen molar-refractivity contribution >= 4 is 0 Å². The van der Waals surface area contributed by atoms with Gasteiger partial charge in [0.05, 0.1) is 0 Å². The first-order chi connectivity index (χ1) is 5.79. The molecule has 1 aliphatic heterocycles. The van der Waals surface area contributed by atoms with Gasteiger partial charge in [-0.15, -0.1) is 0 Å². The molecule has 1 N–H and O–H groups in total. The van der Waals surface area contributed by atoms with E-state index in [0.29, 0.717) is 6.04 Å². The van der Waals surface area contributed by atoms with E-state index in [1.165, 1.54) is 25.0 Å². The summed E-state index contributed by atoms with van der Waals surface area (Å²) in [4.78, 5) is 2.44. The molecule has 0 aromatic rings. The Morgan fingerprint density at radius 1 is 1.67 bits per heavy atom. The van der Waals surface area contributed by atoms with Gasteiger partial charge in [0.25, 0.3) is 0 Å². The van der Waals surface area contributed by atoms with Crippen LogP contribution < -0.4 is 0 Å². The molecule has 2 heteroatoms. The number of hydrogen-bond donors (Lipinski definition) is 1. The Bertz CT molecular complexity index is 156. The van der Waals surface area contributed by atoms with Gasteiger partial charge in [-0.3, -0.25) is 4.90 Å². The Morgan fingerprint density at radius 3 is 3.00 bits per heavy atom. The molecule has 1 heterocycles. The minimum absolute atomic E-state index is 0.243. The molecular weight excluding hydrogens is 150 g/mol. The maximum atomic E-state index is 8.78. The topological polar surface area (TPSA) is 23.5 Å². The number of nitrogens with zero attached hydrogens (tertiary/aromatic N) is 1. The first-order valence-corrected chi connectivity index (χ1v) is 4.82. The van der Waals surface area contributed by atoms with Crippen LogP contribution in [-0.2, 0) is 0 Å². The zero-order valence-electron chi connectivity index (χ0n) is 7.92. The molecular formula is C10H19NO. The lowest BCUT2D eigenvalue weighted by Gasteiger charge is -2.24. The van der Waals surface area contributed by atoms with Gasteiger partial charge in [-0.25, -0.2) is 0 Å². The molecule has 1 unspecified atom stereocenters. The van der Waals surface area contributed by atoms with Gasteiger partial charge in [0.2, 0.25) is 0 Å². The van der Waals surface area contributed by atoms with Gasteiger partial charge in [-0.1, -0.05) is 19.1 Å². The van der Waals surface area contributed by atoms with E-state index >= 15 is 0 Å². The van der Waals surface area contributed by atoms with Crippen LogP contribution in [0.3, 0.4) is 0 Å². The van der Waals surface area contributed by atoms with Crippen molar-refractivity contribution in [3.63, 3.8) is 0 Å². The third-order valence-electron chi connectivity index (χ3n) is 2.67. The lowest BCUT2D eigenvalue weighted by Crippen LogP contribution is -2.30. The summed E-state index contributed by atoms with van der Waals surface area (Å²) in [6.45, 7) is 8.76. The average molecular weight is 169 g/mol. The zero-order valence-corrected chi connectivity index (χ0v) is 7.92. The van der Waals surface area contributed by atoms with Crippen molar-refractivity contribution < 1.29 is 5.11 Å². The van der Waals surface area contributed by atoms with E-state index in [4.69, 9.17) is 5.11 Å². The third kappa shape index (κ3) is 2.08. The quantitative estimate of drug-likeness (QED) is 0.643. The summed E-state index contributed by atoms with van der Waals surface area (Å²) in [7, 11) is 0. The van der Waals surface area contributed by atoms with E-state index in [-0.39, 0.29) is 6.61 Å². The molecule has 2 nitrogen and oxygen atoms in total. The molecule has 12 heavy (non-hydrogen) atoms. The lowest BCUT2D eigenvalue weighted by molar-refractivity contribution is 0.265. The largest absolute Gasteiger partial charge is 0.396 e. The van der Waals surface area contributed by atoms with E-state index in [9.17, 15) is 0 Å². The summed E-state index contributed by atoms with van der Waals surface area (Å²) < 4.78 is 0. The first-order valence-electron chi connectivity index (χ1n) is 4.82. The highest BCUT2D eigenvalue weighted by Gasteiger charge is 2.24. The Kier molecular flexibility index (Phi) is 3.76. The summed E-state index contributed by atoms with van der Waals surface area (Å²) in [5, 5.41) is 8.78. The normalized spacial score (nSPS) is 24.7. The number of aliphatic hydroxyl groups excluding tert-OH is 1. The molecule has 0 aliphatic carbocycles. The fourth-order valence-electron chi connectivity index (χ4n) is 1.98. The molecule has 0 bridgehead atoms. The molecule has 0 saturated carbocycles. The molecule has 70 valence electrons. The van der Waals surface area contributed by atoms with Crippen molar-refractivity contribution in [1.82, 2.24) is 4.90 Å². The van der Waals surface area contributed by atoms with Crippen molar-refractivity contribution in [2.24, 2.45) is 0 Å². The van der Waals surface area contributed by atoms with E-state index in [0.717, 1.165) is 13.0 Å². The first kappa shape index (κ1) is 9.75. The predicted octanol–water partition coefficient (Wildman–Crippen LogP) is 1.41. The Balaban J connectivity index is 2.43. The van der Waals surface area contributed by atoms with E-state index in [1.54, 1.807) is 0 Å². The predicted molar refractivity (Wildman–Crippen MR) is 51.1 cm³/mol. The van der Waals surface area contributed by atoms with Crippen molar-refractivity contribution in [3.8, 4) is 0 Å². The molecule has 0 spiro atoms. The zero-order chi connectivity index (χ0) is 8.97. The van der Waals surface area contributed by atoms with Gasteiger partial charge < -0.3 is 5.11 Å². The summed E-state index contributed by atoms with van der Waals surface area (Å²) >= 11 is 0. The average Bonchev–Trinajstić information content (AvgIpc) is 2.51. The number of rotatable bonds is 4. The van der Waals surface area contributed by atoms with Crippen molar-refractivity contribution in [1.29, 1.82) is 0 Å². The number of aliphatic hydroxyl groups is 1. The summed E-state index contributed by atoms with van der Waals surface area (Å²) in [6, 6.07) is 0.544. The van der Waals surface area contributed by atoms with Crippen molar-refractivity contribution in [2.75, 3.05) is 19.7 Å². The van der Waals surface area contributed by atoms with E-state index in [1.807, 2.05) is 0 Å². The SMILES string of the molecule is C=C(CCO)C1CCCN1CC. The van der Waals surface area contributed by atoms with Crippen LogP contribution in [-0.4, -0.2) is 35.7 Å². The molecule has 1 rings (SSSR count). The summed E-state index contributed by atoms with van der Waals surface area (Å²) in [5.41, 5.74) is 1.21. The molecule has 1 atom stereocenters. The molecule has 0 amide bonds. The molecule has 1 aliphatic rings. The molecule has 1 fully saturated rings. The monoisotopic (exact) mass is 169 g/mol. The van der Waals surface area contributed by atoms with Crippen LogP contribution in [0, 0.1) is 0 Å². The third-order valence-corrected chi connectivity index (χ3v) is 2.67. The van der Waals surface area contributed by atoms with Crippen LogP contribution in [0.25, 0.3) is 0 Å². The van der Waals surface area contributed by atoms with Gasteiger partial charge in [-0.05, 0) is 32.4 Å². The van der Waals surface area contributed by atoms with Crippen LogP contribution in [0.2, 0.25) is 0 Å². The Morgan fingerprint density at radius 2 is 2.42 bits per heavy atom. The summed E-state index contributed by atoms with van der Waals surface area (Å²) in [6.07, 6.45) is 3.27. The van der Waals surface area contributed by atoms with Crippen LogP contribution in [0.15, 0.2) is 12.2 Å². The number of likely N-dealkylation sites (tertiary alicyclic amines) is 1. The lowest BCUT2D eigenvalue weighted by atomic mass is 10.0. The van der Waals surface area contributed by atoms with E-state index in [2.05, 4.69) is 18.4 Å². The van der Waals surface area contributed by atoms with Crippen LogP contribution >= 0.6 is 0 Å². The Labute approximate surface area is 74.9 Å². The van der Waals surface area contributed by atoms with Crippen LogP contribution in [0.5, 0.6) is 0 Å². The van der Waals surface area contributed by atoms with Gasteiger partial charge in [0, 0.05) is 12.6 Å². The summed E-state index contributed by atoms with van der Waals surface area (Å²) in [5.74, 6) is 0. The van der Waals surface area contributed by atoms with Crippen LogP contribution in [0.1, 0.15) is 26.2 Å². The van der Waals surface area contributed by atoms with Gasteiger partial charge in [0.1, 0.15) is 0 Å². The van der Waals surface area contributed by atoms with Crippen molar-refractivity contribution in [3.05, 3.63) is 12.2 Å². The molecule has 0 aromatic heterocycles. The molecule has 0 radical (unpaired) electrons. The smallest absolute Gasteiger partial charge is 0.0468 e. The second-order valence-corrected chi connectivity index (χ2v) is 3.42. The maximum Gasteiger partial charge on any atom is 0.0468 e. The van der Waals surface area contributed by atoms with Crippen molar-refractivity contribution in [2.45, 2.75) is 32.2 Å². The second-order valence-electron chi connectivity index (χ2n) is 3.42. The van der Waals surface area contributed by atoms with Gasteiger partial charge >= 0.3 is 0 Å². The highest BCUT2D eigenvalue weighted by atomic mass is 16.2. The minimum Gasteiger partial charge on any atom is -0.396 e. The number of hydrogen-bond acceptors (Lipinski definition) is 2. The van der Waals surface area contributed by atoms with Crippen LogP contribution in [0.4, 0.5) is 0 Å².